The number of aliphatic hydroxyl groups is 1. The summed E-state index contributed by atoms with van der Waals surface area (Å²) in [5.74, 6) is 0.258. The highest BCUT2D eigenvalue weighted by atomic mass is 16.3. The fourth-order valence-electron chi connectivity index (χ4n) is 2.67. The summed E-state index contributed by atoms with van der Waals surface area (Å²) in [6.45, 7) is 6.00. The third kappa shape index (κ3) is 5.48. The summed E-state index contributed by atoms with van der Waals surface area (Å²) in [7, 11) is 3.82. The summed E-state index contributed by atoms with van der Waals surface area (Å²) in [5, 5.41) is 13.2. The molecule has 0 aliphatic heterocycles. The number of hydrogen-bond donors (Lipinski definition) is 2. The van der Waals surface area contributed by atoms with E-state index in [-0.39, 0.29) is 23.9 Å². The van der Waals surface area contributed by atoms with E-state index in [1.807, 2.05) is 70.1 Å². The lowest BCUT2D eigenvalue weighted by Crippen LogP contribution is -2.49. The Morgan fingerprint density at radius 3 is 2.24 bits per heavy atom. The number of carbonyl (C=O) groups is 1. The molecule has 0 bridgehead atoms. The van der Waals surface area contributed by atoms with Crippen LogP contribution in [-0.2, 0) is 4.79 Å². The van der Waals surface area contributed by atoms with Crippen molar-refractivity contribution >= 4 is 5.91 Å². The van der Waals surface area contributed by atoms with Crippen LogP contribution in [0.2, 0.25) is 0 Å². The zero-order chi connectivity index (χ0) is 16.0. The lowest BCUT2D eigenvalue weighted by Gasteiger charge is -2.28. The zero-order valence-electron chi connectivity index (χ0n) is 13.7. The van der Waals surface area contributed by atoms with E-state index in [4.69, 9.17) is 0 Å². The fraction of sp³-hybridized carbons (Fsp3) is 0.588. The van der Waals surface area contributed by atoms with Crippen LogP contribution in [0, 0.1) is 5.92 Å². The lowest BCUT2D eigenvalue weighted by atomic mass is 10.00. The van der Waals surface area contributed by atoms with Crippen molar-refractivity contribution in [3.05, 3.63) is 35.9 Å². The van der Waals surface area contributed by atoms with Gasteiger partial charge in [0.15, 0.2) is 0 Å². The van der Waals surface area contributed by atoms with Crippen LogP contribution in [0.15, 0.2) is 30.3 Å². The molecular weight excluding hydrogens is 264 g/mol. The van der Waals surface area contributed by atoms with Crippen molar-refractivity contribution in [2.45, 2.75) is 45.4 Å². The molecule has 4 nitrogen and oxygen atoms in total. The normalized spacial score (nSPS) is 15.8. The highest BCUT2D eigenvalue weighted by molar-refractivity contribution is 5.82. The van der Waals surface area contributed by atoms with Crippen molar-refractivity contribution in [2.75, 3.05) is 14.1 Å². The molecule has 1 aromatic rings. The predicted molar refractivity (Wildman–Crippen MR) is 85.9 cm³/mol. The third-order valence-corrected chi connectivity index (χ3v) is 3.61. The minimum absolute atomic E-state index is 0.0164. The Morgan fingerprint density at radius 1 is 1.19 bits per heavy atom. The Bertz CT molecular complexity index is 424. The monoisotopic (exact) mass is 292 g/mol. The van der Waals surface area contributed by atoms with E-state index >= 15 is 0 Å². The van der Waals surface area contributed by atoms with Gasteiger partial charge in [-0.05, 0) is 38.9 Å². The first-order chi connectivity index (χ1) is 9.82. The van der Waals surface area contributed by atoms with Crippen molar-refractivity contribution in [2.24, 2.45) is 5.92 Å². The highest BCUT2D eigenvalue weighted by Crippen LogP contribution is 2.18. The van der Waals surface area contributed by atoms with Gasteiger partial charge in [0.25, 0.3) is 0 Å². The average Bonchev–Trinajstić information content (AvgIpc) is 2.38. The number of nitrogens with zero attached hydrogens (tertiary/aromatic N) is 1. The first kappa shape index (κ1) is 17.7. The predicted octanol–water partition coefficient (Wildman–Crippen LogP) is 2.20. The minimum Gasteiger partial charge on any atom is -0.388 e. The van der Waals surface area contributed by atoms with Crippen LogP contribution in [0.4, 0.5) is 0 Å². The van der Waals surface area contributed by atoms with Crippen molar-refractivity contribution in [3.8, 4) is 0 Å². The van der Waals surface area contributed by atoms with Crippen LogP contribution in [0.25, 0.3) is 0 Å². The van der Waals surface area contributed by atoms with Crippen LogP contribution < -0.4 is 5.32 Å². The van der Waals surface area contributed by atoms with Gasteiger partial charge in [-0.25, -0.2) is 0 Å². The summed E-state index contributed by atoms with van der Waals surface area (Å²) < 4.78 is 0. The molecule has 0 heterocycles. The van der Waals surface area contributed by atoms with Gasteiger partial charge in [0.2, 0.25) is 5.91 Å². The van der Waals surface area contributed by atoms with E-state index in [9.17, 15) is 9.90 Å². The number of carbonyl (C=O) groups excluding carboxylic acids is 1. The molecule has 0 saturated carbocycles. The Morgan fingerprint density at radius 2 is 1.76 bits per heavy atom. The summed E-state index contributed by atoms with van der Waals surface area (Å²) in [5.41, 5.74) is 0.881. The molecule has 0 aliphatic carbocycles. The van der Waals surface area contributed by atoms with Crippen LogP contribution >= 0.6 is 0 Å². The van der Waals surface area contributed by atoms with Crippen molar-refractivity contribution in [1.29, 1.82) is 0 Å². The topological polar surface area (TPSA) is 52.6 Å². The van der Waals surface area contributed by atoms with E-state index < -0.39 is 6.10 Å². The van der Waals surface area contributed by atoms with Gasteiger partial charge < -0.3 is 10.4 Å². The highest BCUT2D eigenvalue weighted by Gasteiger charge is 2.25. The number of likely N-dealkylation sites (N-methyl/N-ethyl adjacent to an activating group) is 1. The van der Waals surface area contributed by atoms with E-state index in [0.717, 1.165) is 5.56 Å². The van der Waals surface area contributed by atoms with E-state index in [1.165, 1.54) is 0 Å². The summed E-state index contributed by atoms with van der Waals surface area (Å²) >= 11 is 0. The number of amides is 1. The molecule has 21 heavy (non-hydrogen) atoms. The van der Waals surface area contributed by atoms with Crippen LogP contribution in [0.5, 0.6) is 0 Å². The van der Waals surface area contributed by atoms with Gasteiger partial charge in [-0.3, -0.25) is 9.69 Å². The molecule has 0 radical (unpaired) electrons. The Kier molecular flexibility index (Phi) is 6.85. The number of rotatable bonds is 7. The molecule has 0 spiro atoms. The number of nitrogens with one attached hydrogen (secondary N) is 1. The van der Waals surface area contributed by atoms with Gasteiger partial charge in [-0.2, -0.15) is 0 Å². The van der Waals surface area contributed by atoms with Crippen LogP contribution in [0.3, 0.4) is 0 Å². The largest absolute Gasteiger partial charge is 0.388 e. The molecular formula is C17H28N2O2. The maximum Gasteiger partial charge on any atom is 0.237 e. The van der Waals surface area contributed by atoms with E-state index in [2.05, 4.69) is 5.32 Å². The molecule has 1 rings (SSSR count). The molecule has 3 atom stereocenters. The standard InChI is InChI=1S/C17H28N2O2/c1-12(2)16(19(4)5)17(21)18-13(3)11-15(20)14-9-7-6-8-10-14/h6-10,12-13,15-16,20H,11H2,1-5H3,(H,18,21). The Balaban J connectivity index is 2.56. The maximum absolute atomic E-state index is 12.3. The van der Waals surface area contributed by atoms with Crippen molar-refractivity contribution in [1.82, 2.24) is 10.2 Å². The summed E-state index contributed by atoms with van der Waals surface area (Å²) in [6.07, 6.45) is -0.0491. The van der Waals surface area contributed by atoms with Gasteiger partial charge in [-0.1, -0.05) is 44.2 Å². The van der Waals surface area contributed by atoms with Crippen LogP contribution in [-0.4, -0.2) is 42.1 Å². The number of hydrogen-bond acceptors (Lipinski definition) is 3. The molecule has 2 N–H and O–H groups in total. The minimum atomic E-state index is -0.557. The molecule has 1 amide bonds. The summed E-state index contributed by atoms with van der Waals surface area (Å²) in [4.78, 5) is 14.3. The van der Waals surface area contributed by atoms with Gasteiger partial charge in [-0.15, -0.1) is 0 Å². The smallest absolute Gasteiger partial charge is 0.237 e. The van der Waals surface area contributed by atoms with Gasteiger partial charge in [0.05, 0.1) is 12.1 Å². The van der Waals surface area contributed by atoms with Crippen molar-refractivity contribution in [3.63, 3.8) is 0 Å². The second-order valence-electron chi connectivity index (χ2n) is 6.22. The second kappa shape index (κ2) is 8.15. The Hall–Kier alpha value is -1.39. The van der Waals surface area contributed by atoms with E-state index in [0.29, 0.717) is 6.42 Å². The lowest BCUT2D eigenvalue weighted by molar-refractivity contribution is -0.127. The maximum atomic E-state index is 12.3. The SMILES string of the molecule is CC(CC(O)c1ccccc1)NC(=O)C(C(C)C)N(C)C. The zero-order valence-corrected chi connectivity index (χ0v) is 13.7. The first-order valence-electron chi connectivity index (χ1n) is 7.52. The third-order valence-electron chi connectivity index (χ3n) is 3.61. The number of aliphatic hydroxyl groups excluding tert-OH is 1. The summed E-state index contributed by atoms with van der Waals surface area (Å²) in [6, 6.07) is 9.30. The molecule has 0 saturated heterocycles. The molecule has 0 fully saturated rings. The molecule has 118 valence electrons. The molecule has 0 aliphatic rings. The molecule has 4 heteroatoms. The number of benzene rings is 1. The fourth-order valence-corrected chi connectivity index (χ4v) is 2.67. The Labute approximate surface area is 128 Å². The van der Waals surface area contributed by atoms with Gasteiger partial charge in [0.1, 0.15) is 0 Å². The molecule has 3 unspecified atom stereocenters. The van der Waals surface area contributed by atoms with Crippen LogP contribution in [0.1, 0.15) is 38.9 Å². The molecule has 0 aromatic heterocycles. The molecule has 1 aromatic carbocycles. The quantitative estimate of drug-likeness (QED) is 0.810. The van der Waals surface area contributed by atoms with E-state index in [1.54, 1.807) is 0 Å². The van der Waals surface area contributed by atoms with Gasteiger partial charge in [0, 0.05) is 6.04 Å². The average molecular weight is 292 g/mol. The van der Waals surface area contributed by atoms with Crippen molar-refractivity contribution < 1.29 is 9.90 Å². The first-order valence-corrected chi connectivity index (χ1v) is 7.52. The van der Waals surface area contributed by atoms with Gasteiger partial charge >= 0.3 is 0 Å². The second-order valence-corrected chi connectivity index (χ2v) is 6.22.